The van der Waals surface area contributed by atoms with Gasteiger partial charge in [-0.2, -0.15) is 0 Å². The molecule has 0 radical (unpaired) electrons. The third kappa shape index (κ3) is 4.03. The van der Waals surface area contributed by atoms with Gasteiger partial charge in [0, 0.05) is 5.69 Å². The predicted molar refractivity (Wildman–Crippen MR) is 107 cm³/mol. The summed E-state index contributed by atoms with van der Waals surface area (Å²) in [6.45, 7) is 5.16. The van der Waals surface area contributed by atoms with Gasteiger partial charge in [0.05, 0.1) is 5.69 Å². The van der Waals surface area contributed by atoms with Crippen LogP contribution >= 0.6 is 0 Å². The van der Waals surface area contributed by atoms with E-state index in [0.717, 1.165) is 17.7 Å². The Labute approximate surface area is 169 Å². The number of carbonyl (C=O) groups excluding carboxylic acids is 4. The average molecular weight is 402 g/mol. The molecule has 156 valence electrons. The molecule has 0 aliphatic carbocycles. The van der Waals surface area contributed by atoms with Crippen LogP contribution in [0.5, 0.6) is 5.75 Å². The van der Waals surface area contributed by atoms with Crippen molar-refractivity contribution in [3.63, 3.8) is 0 Å². The third-order valence-electron chi connectivity index (χ3n) is 5.10. The monoisotopic (exact) mass is 402 g/mol. The number of urea groups is 1. The molecule has 0 saturated carbocycles. The van der Waals surface area contributed by atoms with E-state index in [2.05, 4.69) is 16.0 Å². The van der Waals surface area contributed by atoms with Crippen LogP contribution in [0.1, 0.15) is 46.5 Å². The van der Waals surface area contributed by atoms with Crippen molar-refractivity contribution in [3.05, 3.63) is 18.2 Å². The lowest BCUT2D eigenvalue weighted by Gasteiger charge is -2.25. The van der Waals surface area contributed by atoms with Crippen molar-refractivity contribution in [2.45, 2.75) is 58.1 Å². The minimum atomic E-state index is -0.926. The number of benzene rings is 1. The van der Waals surface area contributed by atoms with Crippen LogP contribution in [0.15, 0.2) is 18.2 Å². The van der Waals surface area contributed by atoms with Gasteiger partial charge in [-0.15, -0.1) is 0 Å². The van der Waals surface area contributed by atoms with Crippen molar-refractivity contribution < 1.29 is 23.9 Å². The first kappa shape index (κ1) is 20.6. The molecule has 2 aliphatic heterocycles. The van der Waals surface area contributed by atoms with E-state index in [0.29, 0.717) is 30.0 Å². The van der Waals surface area contributed by atoms with Gasteiger partial charge in [0.25, 0.3) is 11.8 Å². The second kappa shape index (κ2) is 8.10. The smallest absolute Gasteiger partial charge is 0.325 e. The summed E-state index contributed by atoms with van der Waals surface area (Å²) < 4.78 is 5.48. The lowest BCUT2D eigenvalue weighted by atomic mass is 9.88. The molecule has 1 fully saturated rings. The number of nitrogens with zero attached hydrogens (tertiary/aromatic N) is 1. The highest BCUT2D eigenvalue weighted by Crippen LogP contribution is 2.32. The Balaban J connectivity index is 1.68. The summed E-state index contributed by atoms with van der Waals surface area (Å²) in [6.07, 6.45) is 1.97. The summed E-state index contributed by atoms with van der Waals surface area (Å²) in [6, 6.07) is 4.29. The number of amides is 5. The molecular formula is C20H26N4O5. The van der Waals surface area contributed by atoms with Gasteiger partial charge >= 0.3 is 6.03 Å². The van der Waals surface area contributed by atoms with Crippen LogP contribution in [0.2, 0.25) is 0 Å². The Morgan fingerprint density at radius 1 is 1.21 bits per heavy atom. The number of imide groups is 1. The molecule has 1 atom stereocenters. The summed E-state index contributed by atoms with van der Waals surface area (Å²) in [4.78, 5) is 50.4. The number of nitrogens with one attached hydrogen (secondary N) is 3. The molecule has 0 bridgehead atoms. The van der Waals surface area contributed by atoms with E-state index < -0.39 is 23.6 Å². The van der Waals surface area contributed by atoms with E-state index in [9.17, 15) is 19.2 Å². The Morgan fingerprint density at radius 2 is 1.90 bits per heavy atom. The van der Waals surface area contributed by atoms with Gasteiger partial charge in [-0.3, -0.25) is 19.3 Å². The van der Waals surface area contributed by atoms with Gasteiger partial charge in [-0.25, -0.2) is 4.79 Å². The quantitative estimate of drug-likeness (QED) is 0.605. The van der Waals surface area contributed by atoms with Crippen molar-refractivity contribution in [1.29, 1.82) is 0 Å². The maximum absolute atomic E-state index is 12.9. The normalized spacial score (nSPS) is 19.9. The molecule has 9 heteroatoms. The molecule has 3 N–H and O–H groups in total. The highest BCUT2D eigenvalue weighted by atomic mass is 16.5. The lowest BCUT2D eigenvalue weighted by molar-refractivity contribution is -0.134. The van der Waals surface area contributed by atoms with Crippen molar-refractivity contribution >= 4 is 35.1 Å². The van der Waals surface area contributed by atoms with Crippen LogP contribution in [0, 0.1) is 0 Å². The van der Waals surface area contributed by atoms with Gasteiger partial charge in [0.1, 0.15) is 17.8 Å². The predicted octanol–water partition coefficient (Wildman–Crippen LogP) is 2.24. The minimum absolute atomic E-state index is 0.275. The van der Waals surface area contributed by atoms with E-state index in [4.69, 9.17) is 4.74 Å². The fourth-order valence-corrected chi connectivity index (χ4v) is 3.77. The van der Waals surface area contributed by atoms with Gasteiger partial charge < -0.3 is 20.7 Å². The first-order valence-corrected chi connectivity index (χ1v) is 9.85. The highest BCUT2D eigenvalue weighted by molar-refractivity contribution is 6.10. The van der Waals surface area contributed by atoms with E-state index in [1.54, 1.807) is 25.1 Å². The summed E-state index contributed by atoms with van der Waals surface area (Å²) in [5.41, 5.74) is -0.0520. The van der Waals surface area contributed by atoms with Gasteiger partial charge in [0.2, 0.25) is 5.91 Å². The zero-order valence-electron chi connectivity index (χ0n) is 16.8. The van der Waals surface area contributed by atoms with Gasteiger partial charge in [-0.05, 0) is 38.0 Å². The molecule has 1 aromatic rings. The molecule has 3 rings (SSSR count). The number of anilines is 2. The molecule has 29 heavy (non-hydrogen) atoms. The van der Waals surface area contributed by atoms with Crippen LogP contribution in [-0.2, 0) is 14.4 Å². The SMILES string of the molecule is CCCC1(CCC)NC(=O)N(CC(=O)Nc2ccc3c(c2)NC(=O)[C@@H](C)O3)C1=O. The van der Waals surface area contributed by atoms with Crippen LogP contribution in [0.4, 0.5) is 16.2 Å². The van der Waals surface area contributed by atoms with Crippen molar-refractivity contribution in [2.75, 3.05) is 17.2 Å². The zero-order valence-corrected chi connectivity index (χ0v) is 16.8. The Morgan fingerprint density at radius 3 is 2.55 bits per heavy atom. The zero-order chi connectivity index (χ0) is 21.2. The van der Waals surface area contributed by atoms with Crippen LogP contribution in [0.25, 0.3) is 0 Å². The summed E-state index contributed by atoms with van der Waals surface area (Å²) in [7, 11) is 0. The second-order valence-corrected chi connectivity index (χ2v) is 7.41. The topological polar surface area (TPSA) is 117 Å². The fraction of sp³-hybridized carbons (Fsp3) is 0.500. The van der Waals surface area contributed by atoms with Crippen molar-refractivity contribution in [1.82, 2.24) is 10.2 Å². The Kier molecular flexibility index (Phi) is 5.76. The maximum Gasteiger partial charge on any atom is 0.325 e. The summed E-state index contributed by atoms with van der Waals surface area (Å²) in [5.74, 6) is -0.633. The lowest BCUT2D eigenvalue weighted by Crippen LogP contribution is -2.47. The number of fused-ring (bicyclic) bond motifs is 1. The van der Waals surface area contributed by atoms with E-state index in [-0.39, 0.29) is 18.4 Å². The van der Waals surface area contributed by atoms with Crippen LogP contribution < -0.4 is 20.7 Å². The Hall–Kier alpha value is -3.10. The molecule has 2 heterocycles. The maximum atomic E-state index is 12.9. The molecule has 0 spiro atoms. The molecule has 0 unspecified atom stereocenters. The highest BCUT2D eigenvalue weighted by Gasteiger charge is 2.50. The van der Waals surface area contributed by atoms with Gasteiger partial charge in [0.15, 0.2) is 6.10 Å². The second-order valence-electron chi connectivity index (χ2n) is 7.41. The van der Waals surface area contributed by atoms with Gasteiger partial charge in [-0.1, -0.05) is 26.7 Å². The van der Waals surface area contributed by atoms with E-state index in [1.165, 1.54) is 0 Å². The fourth-order valence-electron chi connectivity index (χ4n) is 3.77. The summed E-state index contributed by atoms with van der Waals surface area (Å²) in [5, 5.41) is 8.14. The molecule has 5 amide bonds. The van der Waals surface area contributed by atoms with E-state index >= 15 is 0 Å². The number of rotatable bonds is 7. The number of hydrogen-bond acceptors (Lipinski definition) is 5. The molecule has 9 nitrogen and oxygen atoms in total. The average Bonchev–Trinajstić information content (AvgIpc) is 2.88. The first-order chi connectivity index (χ1) is 13.8. The molecular weight excluding hydrogens is 376 g/mol. The molecule has 2 aliphatic rings. The summed E-state index contributed by atoms with van der Waals surface area (Å²) >= 11 is 0. The van der Waals surface area contributed by atoms with Crippen LogP contribution in [-0.4, -0.2) is 46.8 Å². The third-order valence-corrected chi connectivity index (χ3v) is 5.10. The molecule has 1 aromatic carbocycles. The standard InChI is InChI=1S/C20H26N4O5/c1-4-8-20(9-5-2)18(27)24(19(28)23-20)11-16(25)21-13-6-7-15-14(10-13)22-17(26)12(3)29-15/h6-7,10,12H,4-5,8-9,11H2,1-3H3,(H,21,25)(H,22,26)(H,23,28)/t12-/m1/s1. The molecule has 1 saturated heterocycles. The largest absolute Gasteiger partial charge is 0.479 e. The number of ether oxygens (including phenoxy) is 1. The van der Waals surface area contributed by atoms with Crippen LogP contribution in [0.3, 0.4) is 0 Å². The van der Waals surface area contributed by atoms with Crippen molar-refractivity contribution in [2.24, 2.45) is 0 Å². The number of hydrogen-bond donors (Lipinski definition) is 3. The Bertz CT molecular complexity index is 847. The minimum Gasteiger partial charge on any atom is -0.479 e. The van der Waals surface area contributed by atoms with E-state index in [1.807, 2.05) is 13.8 Å². The first-order valence-electron chi connectivity index (χ1n) is 9.85. The van der Waals surface area contributed by atoms with Crippen molar-refractivity contribution in [3.8, 4) is 5.75 Å². The molecule has 0 aromatic heterocycles. The number of carbonyl (C=O) groups is 4.